The Morgan fingerprint density at radius 1 is 1.04 bits per heavy atom. The molecule has 0 aliphatic rings. The van der Waals surface area contributed by atoms with Crippen LogP contribution >= 0.6 is 0 Å². The molecule has 0 spiro atoms. The Kier molecular flexibility index (Phi) is 6.18. The van der Waals surface area contributed by atoms with Crippen molar-refractivity contribution in [3.05, 3.63) is 60.2 Å². The van der Waals surface area contributed by atoms with E-state index in [1.54, 1.807) is 0 Å². The van der Waals surface area contributed by atoms with E-state index in [0.717, 1.165) is 29.9 Å². The number of hydrogen-bond donors (Lipinski definition) is 3. The molecular weight excluding hydrogens is 286 g/mol. The predicted molar refractivity (Wildman–Crippen MR) is 96.3 cm³/mol. The number of amides is 1. The van der Waals surface area contributed by atoms with Gasteiger partial charge in [-0.25, -0.2) is 0 Å². The summed E-state index contributed by atoms with van der Waals surface area (Å²) in [6.07, 6.45) is 0.888. The van der Waals surface area contributed by atoms with Crippen molar-refractivity contribution >= 4 is 17.3 Å². The van der Waals surface area contributed by atoms with Gasteiger partial charge in [0.25, 0.3) is 0 Å². The summed E-state index contributed by atoms with van der Waals surface area (Å²) in [5.74, 6) is 0.0406. The average molecular weight is 311 g/mol. The molecule has 2 unspecified atom stereocenters. The van der Waals surface area contributed by atoms with E-state index < -0.39 is 6.04 Å². The first-order valence-corrected chi connectivity index (χ1v) is 8.04. The van der Waals surface area contributed by atoms with Crippen LogP contribution in [0.5, 0.6) is 0 Å². The van der Waals surface area contributed by atoms with Crippen molar-refractivity contribution in [3.63, 3.8) is 0 Å². The van der Waals surface area contributed by atoms with E-state index in [9.17, 15) is 4.79 Å². The number of carbonyl (C=O) groups excluding carboxylic acids is 1. The zero-order chi connectivity index (χ0) is 16.7. The van der Waals surface area contributed by atoms with Crippen LogP contribution in [0.1, 0.15) is 25.8 Å². The zero-order valence-corrected chi connectivity index (χ0v) is 13.8. The number of nitrogens with one attached hydrogen (secondary N) is 2. The maximum atomic E-state index is 12.1. The van der Waals surface area contributed by atoms with Gasteiger partial charge in [0.15, 0.2) is 0 Å². The zero-order valence-electron chi connectivity index (χ0n) is 13.8. The molecule has 0 fully saturated rings. The van der Waals surface area contributed by atoms with E-state index in [2.05, 4.69) is 10.6 Å². The van der Waals surface area contributed by atoms with Crippen LogP contribution in [0.4, 0.5) is 11.4 Å². The van der Waals surface area contributed by atoms with Crippen LogP contribution in [0.25, 0.3) is 0 Å². The van der Waals surface area contributed by atoms with Gasteiger partial charge in [-0.1, -0.05) is 50.6 Å². The molecule has 0 aliphatic carbocycles. The molecule has 4 heteroatoms. The highest BCUT2D eigenvalue weighted by atomic mass is 16.2. The Balaban J connectivity index is 1.88. The number of rotatable bonds is 7. The van der Waals surface area contributed by atoms with Crippen LogP contribution in [-0.2, 0) is 11.3 Å². The number of anilines is 2. The van der Waals surface area contributed by atoms with Gasteiger partial charge in [-0.05, 0) is 35.7 Å². The Morgan fingerprint density at radius 2 is 1.70 bits per heavy atom. The molecule has 2 aromatic carbocycles. The van der Waals surface area contributed by atoms with Crippen molar-refractivity contribution in [2.24, 2.45) is 11.7 Å². The van der Waals surface area contributed by atoms with Crippen molar-refractivity contribution in [1.29, 1.82) is 0 Å². The maximum Gasteiger partial charge on any atom is 0.241 e. The summed E-state index contributed by atoms with van der Waals surface area (Å²) in [7, 11) is 0. The number of benzene rings is 2. The molecule has 2 atom stereocenters. The maximum absolute atomic E-state index is 12.1. The van der Waals surface area contributed by atoms with Gasteiger partial charge in [-0.2, -0.15) is 0 Å². The molecule has 0 radical (unpaired) electrons. The third-order valence-electron chi connectivity index (χ3n) is 4.05. The van der Waals surface area contributed by atoms with E-state index in [1.807, 2.05) is 68.4 Å². The highest BCUT2D eigenvalue weighted by Gasteiger charge is 2.19. The molecule has 1 amide bonds. The normalized spacial score (nSPS) is 13.2. The van der Waals surface area contributed by atoms with Crippen molar-refractivity contribution < 1.29 is 4.79 Å². The summed E-state index contributed by atoms with van der Waals surface area (Å²) in [4.78, 5) is 12.1. The van der Waals surface area contributed by atoms with E-state index in [1.165, 1.54) is 0 Å². The Bertz CT molecular complexity index is 610. The van der Waals surface area contributed by atoms with E-state index >= 15 is 0 Å². The lowest BCUT2D eigenvalue weighted by atomic mass is 9.99. The number of hydrogen-bond acceptors (Lipinski definition) is 3. The summed E-state index contributed by atoms with van der Waals surface area (Å²) in [5, 5.41) is 6.23. The molecule has 0 aromatic heterocycles. The summed E-state index contributed by atoms with van der Waals surface area (Å²) >= 11 is 0. The van der Waals surface area contributed by atoms with Crippen LogP contribution in [0.15, 0.2) is 54.6 Å². The third kappa shape index (κ3) is 5.11. The number of carbonyl (C=O) groups is 1. The summed E-state index contributed by atoms with van der Waals surface area (Å²) in [6.45, 7) is 4.76. The lowest BCUT2D eigenvalue weighted by molar-refractivity contribution is -0.118. The van der Waals surface area contributed by atoms with Crippen LogP contribution in [-0.4, -0.2) is 11.9 Å². The van der Waals surface area contributed by atoms with Crippen molar-refractivity contribution in [3.8, 4) is 0 Å². The molecule has 2 aromatic rings. The fraction of sp³-hybridized carbons (Fsp3) is 0.316. The van der Waals surface area contributed by atoms with Gasteiger partial charge >= 0.3 is 0 Å². The lowest BCUT2D eigenvalue weighted by Crippen LogP contribution is -2.40. The minimum Gasteiger partial charge on any atom is -0.381 e. The minimum absolute atomic E-state index is 0.130. The standard InChI is InChI=1S/C19H25N3O/c1-3-14(2)18(20)19(23)22-17-11-9-15(10-12-17)13-21-16-7-5-4-6-8-16/h4-12,14,18,21H,3,13,20H2,1-2H3,(H,22,23). The lowest BCUT2D eigenvalue weighted by Gasteiger charge is -2.17. The highest BCUT2D eigenvalue weighted by Crippen LogP contribution is 2.14. The van der Waals surface area contributed by atoms with E-state index in [0.29, 0.717) is 0 Å². The van der Waals surface area contributed by atoms with Gasteiger partial charge in [0.2, 0.25) is 5.91 Å². The number of nitrogens with two attached hydrogens (primary N) is 1. The van der Waals surface area contributed by atoms with Crippen LogP contribution in [0.2, 0.25) is 0 Å². The largest absolute Gasteiger partial charge is 0.381 e. The smallest absolute Gasteiger partial charge is 0.241 e. The quantitative estimate of drug-likeness (QED) is 0.731. The second-order valence-corrected chi connectivity index (χ2v) is 5.82. The van der Waals surface area contributed by atoms with Gasteiger partial charge in [-0.15, -0.1) is 0 Å². The topological polar surface area (TPSA) is 67.2 Å². The van der Waals surface area contributed by atoms with Crippen molar-refractivity contribution in [2.75, 3.05) is 10.6 Å². The molecule has 0 saturated heterocycles. The first-order chi connectivity index (χ1) is 11.1. The van der Waals surface area contributed by atoms with Gasteiger partial charge in [0, 0.05) is 17.9 Å². The van der Waals surface area contributed by atoms with Crippen LogP contribution in [0.3, 0.4) is 0 Å². The fourth-order valence-corrected chi connectivity index (χ4v) is 2.20. The highest BCUT2D eigenvalue weighted by molar-refractivity contribution is 5.94. The first-order valence-electron chi connectivity index (χ1n) is 8.04. The SMILES string of the molecule is CCC(C)C(N)C(=O)Nc1ccc(CNc2ccccc2)cc1. The minimum atomic E-state index is -0.473. The van der Waals surface area contributed by atoms with Crippen molar-refractivity contribution in [1.82, 2.24) is 0 Å². The Hall–Kier alpha value is -2.33. The second kappa shape index (κ2) is 8.34. The molecule has 4 N–H and O–H groups in total. The molecule has 4 nitrogen and oxygen atoms in total. The first kappa shape index (κ1) is 17.0. The summed E-state index contributed by atoms with van der Waals surface area (Å²) in [5.41, 5.74) is 8.95. The van der Waals surface area contributed by atoms with E-state index in [-0.39, 0.29) is 11.8 Å². The van der Waals surface area contributed by atoms with Crippen LogP contribution < -0.4 is 16.4 Å². The molecule has 23 heavy (non-hydrogen) atoms. The average Bonchev–Trinajstić information content (AvgIpc) is 2.60. The Morgan fingerprint density at radius 3 is 2.30 bits per heavy atom. The van der Waals surface area contributed by atoms with Gasteiger partial charge in [0.05, 0.1) is 6.04 Å². The van der Waals surface area contributed by atoms with Crippen LogP contribution in [0, 0.1) is 5.92 Å². The second-order valence-electron chi connectivity index (χ2n) is 5.82. The number of para-hydroxylation sites is 1. The van der Waals surface area contributed by atoms with Gasteiger partial charge < -0.3 is 16.4 Å². The molecule has 0 aliphatic heterocycles. The summed E-state index contributed by atoms with van der Waals surface area (Å²) < 4.78 is 0. The molecule has 2 rings (SSSR count). The van der Waals surface area contributed by atoms with E-state index in [4.69, 9.17) is 5.73 Å². The predicted octanol–water partition coefficient (Wildman–Crippen LogP) is 3.61. The van der Waals surface area contributed by atoms with Crippen molar-refractivity contribution in [2.45, 2.75) is 32.9 Å². The van der Waals surface area contributed by atoms with Gasteiger partial charge in [-0.3, -0.25) is 4.79 Å². The summed E-state index contributed by atoms with van der Waals surface area (Å²) in [6, 6.07) is 17.4. The molecule has 122 valence electrons. The monoisotopic (exact) mass is 311 g/mol. The molecule has 0 bridgehead atoms. The molecule has 0 saturated carbocycles. The third-order valence-corrected chi connectivity index (χ3v) is 4.05. The molecular formula is C19H25N3O. The fourth-order valence-electron chi connectivity index (χ4n) is 2.20. The molecule has 0 heterocycles. The van der Waals surface area contributed by atoms with Gasteiger partial charge in [0.1, 0.15) is 0 Å². The Labute approximate surface area is 138 Å².